The van der Waals surface area contributed by atoms with Gasteiger partial charge < -0.3 is 33.7 Å². The minimum atomic E-state index is -0.477. The summed E-state index contributed by atoms with van der Waals surface area (Å²) in [6.45, 7) is 11.9. The molecule has 2 aromatic rings. The number of nitrogens with zero attached hydrogens (tertiary/aromatic N) is 3. The van der Waals surface area contributed by atoms with Crippen LogP contribution in [0, 0.1) is 0 Å². The Labute approximate surface area is 213 Å². The molecule has 1 unspecified atom stereocenters. The largest absolute Gasteiger partial charge is 0.494 e. The van der Waals surface area contributed by atoms with Crippen LogP contribution in [0.2, 0.25) is 0 Å². The molecule has 1 aromatic heterocycles. The summed E-state index contributed by atoms with van der Waals surface area (Å²) in [6, 6.07) is 10.9. The molecule has 1 aromatic carbocycles. The monoisotopic (exact) mass is 496 g/mol. The summed E-state index contributed by atoms with van der Waals surface area (Å²) in [5, 5.41) is 12.8. The van der Waals surface area contributed by atoms with Crippen LogP contribution in [0.15, 0.2) is 30.3 Å². The van der Waals surface area contributed by atoms with Crippen molar-refractivity contribution in [3.05, 3.63) is 30.3 Å². The van der Waals surface area contributed by atoms with E-state index >= 15 is 0 Å². The number of methoxy groups -OCH3 is 1. The fourth-order valence-electron chi connectivity index (χ4n) is 4.86. The van der Waals surface area contributed by atoms with Gasteiger partial charge in [0.2, 0.25) is 0 Å². The van der Waals surface area contributed by atoms with Crippen LogP contribution in [0.4, 0.5) is 5.82 Å². The molecule has 2 atom stereocenters. The molecule has 3 fully saturated rings. The normalized spacial score (nSPS) is 25.0. The van der Waals surface area contributed by atoms with E-state index in [0.717, 1.165) is 61.7 Å². The van der Waals surface area contributed by atoms with Gasteiger partial charge in [-0.15, -0.1) is 10.2 Å². The van der Waals surface area contributed by atoms with Gasteiger partial charge in [-0.2, -0.15) is 0 Å². The topological polar surface area (TPSA) is 87.2 Å². The standard InChI is InChI=1S/C26H37BN4O5/c1-25(2)26(3,4)36-27(35-25)18-6-7-21(23(14-18)34-17-32-5)22-8-9-24(30-29-22)31-12-10-19(15-31)28-20-11-13-33-16-20/h6-9,14,19-20,28H,10-13,15-17H2,1-5H3/t19-,20?/m1/s1. The summed E-state index contributed by atoms with van der Waals surface area (Å²) < 4.78 is 29.0. The molecule has 10 heteroatoms. The maximum Gasteiger partial charge on any atom is 0.494 e. The summed E-state index contributed by atoms with van der Waals surface area (Å²) in [4.78, 5) is 2.29. The van der Waals surface area contributed by atoms with Gasteiger partial charge in [0, 0.05) is 44.5 Å². The molecule has 3 aliphatic heterocycles. The Balaban J connectivity index is 1.31. The summed E-state index contributed by atoms with van der Waals surface area (Å²) in [6.07, 6.45) is 2.18. The van der Waals surface area contributed by atoms with Gasteiger partial charge in [-0.25, -0.2) is 0 Å². The first-order valence-corrected chi connectivity index (χ1v) is 12.8. The molecule has 3 aliphatic rings. The van der Waals surface area contributed by atoms with Gasteiger partial charge >= 0.3 is 7.12 Å². The molecule has 0 bridgehead atoms. The number of aromatic nitrogens is 2. The highest BCUT2D eigenvalue weighted by molar-refractivity contribution is 6.62. The van der Waals surface area contributed by atoms with Gasteiger partial charge in [-0.3, -0.25) is 0 Å². The van der Waals surface area contributed by atoms with Crippen molar-refractivity contribution in [2.24, 2.45) is 0 Å². The molecular formula is C26H37BN4O5. The molecule has 5 rings (SSSR count). The van der Waals surface area contributed by atoms with E-state index in [1.807, 2.05) is 58.0 Å². The van der Waals surface area contributed by atoms with Crippen molar-refractivity contribution in [3.8, 4) is 17.0 Å². The van der Waals surface area contributed by atoms with Crippen molar-refractivity contribution >= 4 is 18.4 Å². The van der Waals surface area contributed by atoms with Crippen molar-refractivity contribution in [1.29, 1.82) is 0 Å². The first-order valence-electron chi connectivity index (χ1n) is 12.8. The summed E-state index contributed by atoms with van der Waals surface area (Å²) in [5.41, 5.74) is 1.63. The fraction of sp³-hybridized carbons (Fsp3) is 0.615. The average Bonchev–Trinajstić information content (AvgIpc) is 3.58. The lowest BCUT2D eigenvalue weighted by atomic mass is 9.78. The van der Waals surface area contributed by atoms with Crippen molar-refractivity contribution in [2.75, 3.05) is 45.1 Å². The minimum absolute atomic E-state index is 0.125. The van der Waals surface area contributed by atoms with Crippen LogP contribution in [-0.4, -0.2) is 80.8 Å². The average molecular weight is 496 g/mol. The Morgan fingerprint density at radius 2 is 1.86 bits per heavy atom. The molecule has 36 heavy (non-hydrogen) atoms. The Morgan fingerprint density at radius 1 is 1.06 bits per heavy atom. The molecule has 0 spiro atoms. The van der Waals surface area contributed by atoms with Gasteiger partial charge in [-0.05, 0) is 70.3 Å². The number of benzene rings is 1. The van der Waals surface area contributed by atoms with Crippen LogP contribution < -0.4 is 20.4 Å². The van der Waals surface area contributed by atoms with E-state index in [1.54, 1.807) is 7.11 Å². The summed E-state index contributed by atoms with van der Waals surface area (Å²) in [7, 11) is 1.12. The van der Waals surface area contributed by atoms with Crippen molar-refractivity contribution < 1.29 is 23.5 Å². The number of anilines is 1. The Kier molecular flexibility index (Phi) is 7.24. The highest BCUT2D eigenvalue weighted by Crippen LogP contribution is 2.37. The van der Waals surface area contributed by atoms with Crippen molar-refractivity contribution in [1.82, 2.24) is 15.5 Å². The molecule has 1 N–H and O–H groups in total. The highest BCUT2D eigenvalue weighted by atomic mass is 16.7. The fourth-order valence-corrected chi connectivity index (χ4v) is 4.86. The molecule has 0 amide bonds. The Hall–Kier alpha value is -2.24. The molecule has 3 saturated heterocycles. The Bertz CT molecular complexity index is 1030. The van der Waals surface area contributed by atoms with Crippen molar-refractivity contribution in [3.63, 3.8) is 0 Å². The zero-order valence-corrected chi connectivity index (χ0v) is 22.0. The second-order valence-corrected chi connectivity index (χ2v) is 10.8. The first kappa shape index (κ1) is 25.4. The smallest absolute Gasteiger partial charge is 0.467 e. The number of rotatable bonds is 8. The quantitative estimate of drug-likeness (QED) is 0.437. The van der Waals surface area contributed by atoms with E-state index in [4.69, 9.17) is 23.5 Å². The molecule has 0 aliphatic carbocycles. The van der Waals surface area contributed by atoms with E-state index in [9.17, 15) is 0 Å². The van der Waals surface area contributed by atoms with Crippen LogP contribution in [0.25, 0.3) is 11.3 Å². The lowest BCUT2D eigenvalue weighted by molar-refractivity contribution is 0.00578. The maximum atomic E-state index is 6.22. The van der Waals surface area contributed by atoms with E-state index in [-0.39, 0.29) is 6.79 Å². The number of hydrogen-bond donors (Lipinski definition) is 1. The molecule has 0 saturated carbocycles. The lowest BCUT2D eigenvalue weighted by Crippen LogP contribution is -2.41. The SMILES string of the molecule is COCOc1cc(B2OC(C)(C)C(C)(C)O2)ccc1-c1ccc(N2CC[C@@H](NC3CCOC3)C2)nn1. The van der Waals surface area contributed by atoms with Crippen LogP contribution >= 0.6 is 0 Å². The van der Waals surface area contributed by atoms with Gasteiger partial charge in [0.1, 0.15) is 5.75 Å². The predicted molar refractivity (Wildman–Crippen MR) is 139 cm³/mol. The Morgan fingerprint density at radius 3 is 2.53 bits per heavy atom. The third-order valence-electron chi connectivity index (χ3n) is 7.70. The lowest BCUT2D eigenvalue weighted by Gasteiger charge is -2.32. The van der Waals surface area contributed by atoms with Gasteiger partial charge in [0.25, 0.3) is 0 Å². The van der Waals surface area contributed by atoms with E-state index in [1.165, 1.54) is 0 Å². The minimum Gasteiger partial charge on any atom is -0.467 e. The highest BCUT2D eigenvalue weighted by Gasteiger charge is 2.51. The predicted octanol–water partition coefficient (Wildman–Crippen LogP) is 2.38. The summed E-state index contributed by atoms with van der Waals surface area (Å²) in [5.74, 6) is 1.54. The van der Waals surface area contributed by atoms with Crippen molar-refractivity contribution in [2.45, 2.75) is 63.8 Å². The van der Waals surface area contributed by atoms with E-state index < -0.39 is 18.3 Å². The van der Waals surface area contributed by atoms with Gasteiger partial charge in [0.05, 0.1) is 23.5 Å². The molecule has 0 radical (unpaired) electrons. The van der Waals surface area contributed by atoms with Crippen LogP contribution in [-0.2, 0) is 18.8 Å². The zero-order chi connectivity index (χ0) is 25.3. The molecule has 4 heterocycles. The molecular weight excluding hydrogens is 459 g/mol. The third kappa shape index (κ3) is 5.24. The van der Waals surface area contributed by atoms with Gasteiger partial charge in [-0.1, -0.05) is 6.07 Å². The molecule has 194 valence electrons. The van der Waals surface area contributed by atoms with Crippen LogP contribution in [0.1, 0.15) is 40.5 Å². The second-order valence-electron chi connectivity index (χ2n) is 10.8. The number of ether oxygens (including phenoxy) is 3. The van der Waals surface area contributed by atoms with E-state index in [2.05, 4.69) is 20.4 Å². The number of nitrogens with one attached hydrogen (secondary N) is 1. The number of hydrogen-bond acceptors (Lipinski definition) is 9. The maximum absolute atomic E-state index is 6.22. The van der Waals surface area contributed by atoms with E-state index in [0.29, 0.717) is 17.8 Å². The first-order chi connectivity index (χ1) is 17.3. The van der Waals surface area contributed by atoms with Crippen LogP contribution in [0.3, 0.4) is 0 Å². The zero-order valence-electron chi connectivity index (χ0n) is 22.0. The molecule has 9 nitrogen and oxygen atoms in total. The summed E-state index contributed by atoms with van der Waals surface area (Å²) >= 11 is 0. The third-order valence-corrected chi connectivity index (χ3v) is 7.70. The van der Waals surface area contributed by atoms with Crippen LogP contribution in [0.5, 0.6) is 5.75 Å². The second kappa shape index (κ2) is 10.3. The van der Waals surface area contributed by atoms with Gasteiger partial charge in [0.15, 0.2) is 12.6 Å².